The molecule has 0 amide bonds. The van der Waals surface area contributed by atoms with Gasteiger partial charge in [0.25, 0.3) is 0 Å². The van der Waals surface area contributed by atoms with E-state index in [1.54, 1.807) is 0 Å². The Morgan fingerprint density at radius 1 is 1.42 bits per heavy atom. The third kappa shape index (κ3) is 4.30. The lowest BCUT2D eigenvalue weighted by molar-refractivity contribution is 0.227. The molecule has 106 valence electrons. The lowest BCUT2D eigenvalue weighted by Gasteiger charge is -2.19. The maximum atomic E-state index is 9.02. The van der Waals surface area contributed by atoms with Crippen LogP contribution in [0.15, 0.2) is 24.3 Å². The minimum absolute atomic E-state index is 0.302. The molecule has 0 fully saturated rings. The van der Waals surface area contributed by atoms with E-state index in [1.807, 2.05) is 0 Å². The summed E-state index contributed by atoms with van der Waals surface area (Å²) in [6, 6.07) is 9.18. The van der Waals surface area contributed by atoms with Crippen molar-refractivity contribution in [2.45, 2.75) is 38.8 Å². The molecule has 3 N–H and O–H groups in total. The van der Waals surface area contributed by atoms with E-state index >= 15 is 0 Å². The Labute approximate surface area is 116 Å². The van der Waals surface area contributed by atoms with Crippen LogP contribution in [0.25, 0.3) is 0 Å². The van der Waals surface area contributed by atoms with Crippen LogP contribution in [0.1, 0.15) is 43.4 Å². The maximum Gasteiger partial charge on any atom is 0.0456 e. The number of hydrogen-bond donors (Lipinski definition) is 3. The van der Waals surface area contributed by atoms with Gasteiger partial charge in [-0.1, -0.05) is 31.2 Å². The van der Waals surface area contributed by atoms with Gasteiger partial charge in [-0.05, 0) is 49.4 Å². The summed E-state index contributed by atoms with van der Waals surface area (Å²) in [7, 11) is 0. The molecule has 19 heavy (non-hydrogen) atoms. The zero-order valence-electron chi connectivity index (χ0n) is 11.9. The highest BCUT2D eigenvalue weighted by Crippen LogP contribution is 2.23. The molecule has 2 atom stereocenters. The smallest absolute Gasteiger partial charge is 0.0456 e. The highest BCUT2D eigenvalue weighted by molar-refractivity contribution is 5.30. The SMILES string of the molecule is CC(CO)CCCNC1CCNCc2ccccc21. The molecule has 0 saturated carbocycles. The molecule has 1 aliphatic rings. The van der Waals surface area contributed by atoms with Gasteiger partial charge in [-0.25, -0.2) is 0 Å². The van der Waals surface area contributed by atoms with E-state index in [0.29, 0.717) is 18.6 Å². The molecule has 1 heterocycles. The quantitative estimate of drug-likeness (QED) is 0.689. The minimum Gasteiger partial charge on any atom is -0.396 e. The fraction of sp³-hybridized carbons (Fsp3) is 0.625. The lowest BCUT2D eigenvalue weighted by Crippen LogP contribution is -2.24. The van der Waals surface area contributed by atoms with E-state index in [2.05, 4.69) is 41.8 Å². The first kappa shape index (κ1) is 14.5. The Morgan fingerprint density at radius 2 is 2.26 bits per heavy atom. The average Bonchev–Trinajstić information content (AvgIpc) is 2.66. The summed E-state index contributed by atoms with van der Waals surface area (Å²) in [5.41, 5.74) is 2.86. The van der Waals surface area contributed by atoms with Crippen molar-refractivity contribution < 1.29 is 5.11 Å². The van der Waals surface area contributed by atoms with Gasteiger partial charge >= 0.3 is 0 Å². The van der Waals surface area contributed by atoms with Crippen molar-refractivity contribution in [3.8, 4) is 0 Å². The molecule has 1 aromatic rings. The zero-order chi connectivity index (χ0) is 13.5. The van der Waals surface area contributed by atoms with Crippen LogP contribution in [0.5, 0.6) is 0 Å². The summed E-state index contributed by atoms with van der Waals surface area (Å²) in [5, 5.41) is 16.2. The second-order valence-electron chi connectivity index (χ2n) is 5.60. The van der Waals surface area contributed by atoms with Crippen LogP contribution in [0.2, 0.25) is 0 Å². The second-order valence-corrected chi connectivity index (χ2v) is 5.60. The molecule has 0 aromatic heterocycles. The van der Waals surface area contributed by atoms with E-state index in [0.717, 1.165) is 38.9 Å². The highest BCUT2D eigenvalue weighted by Gasteiger charge is 2.16. The Kier molecular flexibility index (Phi) is 5.83. The van der Waals surface area contributed by atoms with Crippen molar-refractivity contribution in [2.75, 3.05) is 19.7 Å². The third-order valence-electron chi connectivity index (χ3n) is 3.93. The first-order chi connectivity index (χ1) is 9.31. The van der Waals surface area contributed by atoms with Crippen LogP contribution in [0, 0.1) is 5.92 Å². The summed E-state index contributed by atoms with van der Waals surface area (Å²) >= 11 is 0. The van der Waals surface area contributed by atoms with E-state index in [-0.39, 0.29) is 0 Å². The molecule has 1 aliphatic heterocycles. The predicted molar refractivity (Wildman–Crippen MR) is 79.0 cm³/mol. The molecule has 2 unspecified atom stereocenters. The van der Waals surface area contributed by atoms with Crippen molar-refractivity contribution in [1.29, 1.82) is 0 Å². The van der Waals surface area contributed by atoms with Gasteiger partial charge in [-0.3, -0.25) is 0 Å². The van der Waals surface area contributed by atoms with Gasteiger partial charge in [0.15, 0.2) is 0 Å². The summed E-state index contributed by atoms with van der Waals surface area (Å²) in [5.74, 6) is 0.421. The van der Waals surface area contributed by atoms with E-state index in [4.69, 9.17) is 5.11 Å². The van der Waals surface area contributed by atoms with Crippen molar-refractivity contribution in [3.63, 3.8) is 0 Å². The van der Waals surface area contributed by atoms with Gasteiger partial charge in [0.05, 0.1) is 0 Å². The Hall–Kier alpha value is -0.900. The Bertz CT molecular complexity index is 381. The molecule has 2 rings (SSSR count). The molecule has 3 nitrogen and oxygen atoms in total. The number of benzene rings is 1. The fourth-order valence-corrected chi connectivity index (χ4v) is 2.69. The number of hydrogen-bond acceptors (Lipinski definition) is 3. The van der Waals surface area contributed by atoms with Gasteiger partial charge in [0.1, 0.15) is 0 Å². The largest absolute Gasteiger partial charge is 0.396 e. The molecule has 3 heteroatoms. The van der Waals surface area contributed by atoms with Crippen molar-refractivity contribution >= 4 is 0 Å². The van der Waals surface area contributed by atoms with Crippen LogP contribution in [-0.4, -0.2) is 24.8 Å². The predicted octanol–water partition coefficient (Wildman–Crippen LogP) is 2.22. The van der Waals surface area contributed by atoms with Crippen molar-refractivity contribution in [2.24, 2.45) is 5.92 Å². The standard InChI is InChI=1S/C16H26N2O/c1-13(12-19)5-4-9-18-16-8-10-17-11-14-6-2-3-7-15(14)16/h2-3,6-7,13,16-19H,4-5,8-12H2,1H3. The molecule has 0 spiro atoms. The zero-order valence-corrected chi connectivity index (χ0v) is 11.9. The van der Waals surface area contributed by atoms with Crippen LogP contribution in [-0.2, 0) is 6.54 Å². The molecule has 0 bridgehead atoms. The monoisotopic (exact) mass is 262 g/mol. The van der Waals surface area contributed by atoms with Gasteiger partial charge in [-0.2, -0.15) is 0 Å². The molecule has 0 saturated heterocycles. The number of nitrogens with one attached hydrogen (secondary N) is 2. The van der Waals surface area contributed by atoms with Gasteiger partial charge in [0, 0.05) is 19.2 Å². The van der Waals surface area contributed by atoms with Gasteiger partial charge in [0.2, 0.25) is 0 Å². The summed E-state index contributed by atoms with van der Waals surface area (Å²) in [6.07, 6.45) is 3.37. The molecule has 1 aromatic carbocycles. The highest BCUT2D eigenvalue weighted by atomic mass is 16.3. The normalized spacial score (nSPS) is 20.6. The van der Waals surface area contributed by atoms with Crippen molar-refractivity contribution in [3.05, 3.63) is 35.4 Å². The second kappa shape index (κ2) is 7.63. The van der Waals surface area contributed by atoms with E-state index in [9.17, 15) is 0 Å². The third-order valence-corrected chi connectivity index (χ3v) is 3.93. The van der Waals surface area contributed by atoms with E-state index < -0.39 is 0 Å². The topological polar surface area (TPSA) is 44.3 Å². The first-order valence-electron chi connectivity index (χ1n) is 7.44. The number of rotatable bonds is 6. The van der Waals surface area contributed by atoms with Crippen LogP contribution in [0.3, 0.4) is 0 Å². The van der Waals surface area contributed by atoms with Gasteiger partial charge < -0.3 is 15.7 Å². The van der Waals surface area contributed by atoms with Crippen LogP contribution >= 0.6 is 0 Å². The fourth-order valence-electron chi connectivity index (χ4n) is 2.69. The van der Waals surface area contributed by atoms with Crippen LogP contribution < -0.4 is 10.6 Å². The number of aliphatic hydroxyl groups is 1. The Balaban J connectivity index is 1.86. The number of fused-ring (bicyclic) bond motifs is 1. The number of aliphatic hydroxyl groups excluding tert-OH is 1. The lowest BCUT2D eigenvalue weighted by atomic mass is 9.99. The molecular weight excluding hydrogens is 236 g/mol. The van der Waals surface area contributed by atoms with Crippen molar-refractivity contribution in [1.82, 2.24) is 10.6 Å². The Morgan fingerprint density at radius 3 is 3.11 bits per heavy atom. The van der Waals surface area contributed by atoms with Gasteiger partial charge in [-0.15, -0.1) is 0 Å². The molecule has 0 aliphatic carbocycles. The summed E-state index contributed by atoms with van der Waals surface area (Å²) in [4.78, 5) is 0. The van der Waals surface area contributed by atoms with Crippen LogP contribution in [0.4, 0.5) is 0 Å². The maximum absolute atomic E-state index is 9.02. The first-order valence-corrected chi connectivity index (χ1v) is 7.44. The van der Waals surface area contributed by atoms with E-state index in [1.165, 1.54) is 11.1 Å². The average molecular weight is 262 g/mol. The summed E-state index contributed by atoms with van der Waals surface area (Å²) in [6.45, 7) is 5.49. The molecule has 0 radical (unpaired) electrons. The minimum atomic E-state index is 0.302. The molecular formula is C16H26N2O. The summed E-state index contributed by atoms with van der Waals surface area (Å²) < 4.78 is 0.